The number of carbonyl (C=O) groups excluding carboxylic acids is 2. The largest absolute Gasteiger partial charge is 0.327 e. The smallest absolute Gasteiger partial charge is 0.272 e. The number of benzene rings is 2. The second-order valence-corrected chi connectivity index (χ2v) is 7.16. The number of hydrogen-bond acceptors (Lipinski definition) is 3. The molecule has 2 amide bonds. The first-order chi connectivity index (χ1) is 13.0. The third-order valence-corrected chi connectivity index (χ3v) is 4.64. The van der Waals surface area contributed by atoms with Gasteiger partial charge in [0.05, 0.1) is 11.4 Å². The molecule has 0 fully saturated rings. The van der Waals surface area contributed by atoms with E-state index in [0.717, 1.165) is 23.2 Å². The number of nitrogens with one attached hydrogen (secondary N) is 1. The summed E-state index contributed by atoms with van der Waals surface area (Å²) < 4.78 is 0. The van der Waals surface area contributed by atoms with Gasteiger partial charge in [-0.3, -0.25) is 9.59 Å². The Morgan fingerprint density at radius 3 is 2.48 bits per heavy atom. The zero-order valence-electron chi connectivity index (χ0n) is 16.0. The van der Waals surface area contributed by atoms with Gasteiger partial charge in [-0.15, -0.1) is 0 Å². The SMILES string of the molecule is CC(C)CCC(=O)N[C@@H]1N=C(c2ccccc2)c2ccccc2N(C)C1=O. The number of amides is 2. The van der Waals surface area contributed by atoms with E-state index in [1.165, 1.54) is 0 Å². The first-order valence-corrected chi connectivity index (χ1v) is 9.27. The molecule has 0 bridgehead atoms. The number of anilines is 1. The second kappa shape index (κ2) is 8.16. The van der Waals surface area contributed by atoms with Gasteiger partial charge in [0.2, 0.25) is 12.1 Å². The van der Waals surface area contributed by atoms with E-state index in [1.54, 1.807) is 11.9 Å². The van der Waals surface area contributed by atoms with Gasteiger partial charge in [0.25, 0.3) is 5.91 Å². The lowest BCUT2D eigenvalue weighted by atomic mass is 10.0. The van der Waals surface area contributed by atoms with E-state index in [2.05, 4.69) is 24.2 Å². The van der Waals surface area contributed by atoms with Crippen molar-refractivity contribution in [3.8, 4) is 0 Å². The summed E-state index contributed by atoms with van der Waals surface area (Å²) in [5.41, 5.74) is 3.27. The molecule has 1 aliphatic heterocycles. The Morgan fingerprint density at radius 1 is 1.11 bits per heavy atom. The Kier molecular flexibility index (Phi) is 5.69. The van der Waals surface area contributed by atoms with E-state index in [9.17, 15) is 9.59 Å². The van der Waals surface area contributed by atoms with Crippen LogP contribution in [0, 0.1) is 5.92 Å². The van der Waals surface area contributed by atoms with E-state index in [-0.39, 0.29) is 11.8 Å². The molecule has 0 aliphatic carbocycles. The van der Waals surface area contributed by atoms with Crippen molar-refractivity contribution in [3.05, 3.63) is 65.7 Å². The number of carbonyl (C=O) groups is 2. The summed E-state index contributed by atoms with van der Waals surface area (Å²) in [6, 6.07) is 17.4. The summed E-state index contributed by atoms with van der Waals surface area (Å²) in [4.78, 5) is 31.6. The molecule has 5 nitrogen and oxygen atoms in total. The molecule has 1 atom stereocenters. The highest BCUT2D eigenvalue weighted by Gasteiger charge is 2.30. The van der Waals surface area contributed by atoms with Crippen molar-refractivity contribution in [1.82, 2.24) is 5.32 Å². The first-order valence-electron chi connectivity index (χ1n) is 9.27. The highest BCUT2D eigenvalue weighted by molar-refractivity contribution is 6.20. The summed E-state index contributed by atoms with van der Waals surface area (Å²) in [6.45, 7) is 4.14. The normalized spacial score (nSPS) is 16.6. The van der Waals surface area contributed by atoms with Crippen LogP contribution >= 0.6 is 0 Å². The fourth-order valence-electron chi connectivity index (χ4n) is 3.09. The summed E-state index contributed by atoms with van der Waals surface area (Å²) >= 11 is 0. The van der Waals surface area contributed by atoms with Gasteiger partial charge >= 0.3 is 0 Å². The maximum absolute atomic E-state index is 13.0. The topological polar surface area (TPSA) is 61.8 Å². The molecule has 1 heterocycles. The average Bonchev–Trinajstić information content (AvgIpc) is 2.78. The molecule has 2 aromatic carbocycles. The minimum atomic E-state index is -0.933. The first kappa shape index (κ1) is 18.8. The van der Waals surface area contributed by atoms with Crippen LogP contribution in [0.3, 0.4) is 0 Å². The number of benzodiazepines with no additional fused rings is 1. The number of rotatable bonds is 5. The predicted molar refractivity (Wildman–Crippen MR) is 108 cm³/mol. The Balaban J connectivity index is 2.00. The zero-order valence-corrected chi connectivity index (χ0v) is 16.0. The van der Waals surface area contributed by atoms with Crippen LogP contribution in [0.1, 0.15) is 37.8 Å². The van der Waals surface area contributed by atoms with Crippen molar-refractivity contribution in [2.24, 2.45) is 10.9 Å². The molecule has 0 saturated carbocycles. The van der Waals surface area contributed by atoms with E-state index >= 15 is 0 Å². The molecule has 1 N–H and O–H groups in total. The molecule has 0 saturated heterocycles. The molecular weight excluding hydrogens is 338 g/mol. The molecule has 140 valence electrons. The Labute approximate surface area is 160 Å². The van der Waals surface area contributed by atoms with Crippen molar-refractivity contribution >= 4 is 23.2 Å². The number of nitrogens with zero attached hydrogens (tertiary/aromatic N) is 2. The van der Waals surface area contributed by atoms with Gasteiger partial charge in [-0.2, -0.15) is 0 Å². The quantitative estimate of drug-likeness (QED) is 0.885. The number of hydrogen-bond donors (Lipinski definition) is 1. The summed E-state index contributed by atoms with van der Waals surface area (Å²) in [6.07, 6.45) is 0.226. The van der Waals surface area contributed by atoms with Crippen LogP contribution in [0.2, 0.25) is 0 Å². The standard InChI is InChI=1S/C22H25N3O2/c1-15(2)13-14-19(26)23-21-22(27)25(3)18-12-8-7-11-17(18)20(24-21)16-9-5-4-6-10-16/h4-12,15,21H,13-14H2,1-3H3,(H,23,26)/t21-/m1/s1. The van der Waals surface area contributed by atoms with Crippen LogP contribution in [0.5, 0.6) is 0 Å². The van der Waals surface area contributed by atoms with Gasteiger partial charge in [-0.25, -0.2) is 4.99 Å². The lowest BCUT2D eigenvalue weighted by Crippen LogP contribution is -2.46. The monoisotopic (exact) mass is 363 g/mol. The predicted octanol–water partition coefficient (Wildman–Crippen LogP) is 3.38. The minimum absolute atomic E-state index is 0.155. The summed E-state index contributed by atoms with van der Waals surface area (Å²) in [5, 5.41) is 2.81. The van der Waals surface area contributed by atoms with Crippen LogP contribution in [-0.4, -0.2) is 30.7 Å². The Hall–Kier alpha value is -2.95. The van der Waals surface area contributed by atoms with Gasteiger partial charge in [0.15, 0.2) is 0 Å². The fraction of sp³-hybridized carbons (Fsp3) is 0.318. The molecule has 0 spiro atoms. The molecule has 0 radical (unpaired) electrons. The van der Waals surface area contributed by atoms with Crippen LogP contribution in [-0.2, 0) is 9.59 Å². The molecule has 0 aromatic heterocycles. The maximum atomic E-state index is 13.0. The molecule has 3 rings (SSSR count). The van der Waals surface area contributed by atoms with Crippen molar-refractivity contribution in [3.63, 3.8) is 0 Å². The van der Waals surface area contributed by atoms with Crippen LogP contribution < -0.4 is 10.2 Å². The molecule has 2 aromatic rings. The van der Waals surface area contributed by atoms with Crippen LogP contribution in [0.25, 0.3) is 0 Å². The third kappa shape index (κ3) is 4.25. The number of fused-ring (bicyclic) bond motifs is 1. The van der Waals surface area contributed by atoms with Crippen molar-refractivity contribution in [1.29, 1.82) is 0 Å². The molecule has 1 aliphatic rings. The zero-order chi connectivity index (χ0) is 19.4. The number of aliphatic imine (C=N–C) groups is 1. The van der Waals surface area contributed by atoms with E-state index in [0.29, 0.717) is 18.1 Å². The van der Waals surface area contributed by atoms with Crippen molar-refractivity contribution < 1.29 is 9.59 Å². The van der Waals surface area contributed by atoms with E-state index in [4.69, 9.17) is 0 Å². The molecule has 27 heavy (non-hydrogen) atoms. The van der Waals surface area contributed by atoms with Gasteiger partial charge in [0, 0.05) is 24.6 Å². The molecule has 5 heteroatoms. The van der Waals surface area contributed by atoms with Gasteiger partial charge in [0.1, 0.15) is 0 Å². The molecular formula is C22H25N3O2. The lowest BCUT2D eigenvalue weighted by molar-refractivity contribution is -0.127. The van der Waals surface area contributed by atoms with Crippen molar-refractivity contribution in [2.75, 3.05) is 11.9 Å². The van der Waals surface area contributed by atoms with Gasteiger partial charge in [-0.1, -0.05) is 62.4 Å². The maximum Gasteiger partial charge on any atom is 0.272 e. The van der Waals surface area contributed by atoms with E-state index in [1.807, 2.05) is 54.6 Å². The van der Waals surface area contributed by atoms with Crippen LogP contribution in [0.4, 0.5) is 5.69 Å². The van der Waals surface area contributed by atoms with Crippen LogP contribution in [0.15, 0.2) is 59.6 Å². The highest BCUT2D eigenvalue weighted by atomic mass is 16.2. The summed E-state index contributed by atoms with van der Waals surface area (Å²) in [5.74, 6) is 0.0275. The fourth-order valence-corrected chi connectivity index (χ4v) is 3.09. The average molecular weight is 363 g/mol. The van der Waals surface area contributed by atoms with Crippen molar-refractivity contribution in [2.45, 2.75) is 32.9 Å². The number of para-hydroxylation sites is 1. The second-order valence-electron chi connectivity index (χ2n) is 7.16. The Bertz CT molecular complexity index is 859. The minimum Gasteiger partial charge on any atom is -0.327 e. The summed E-state index contributed by atoms with van der Waals surface area (Å²) in [7, 11) is 1.72. The van der Waals surface area contributed by atoms with E-state index < -0.39 is 6.17 Å². The lowest BCUT2D eigenvalue weighted by Gasteiger charge is -2.21. The van der Waals surface area contributed by atoms with Gasteiger partial charge in [-0.05, 0) is 18.4 Å². The Morgan fingerprint density at radius 2 is 1.78 bits per heavy atom. The van der Waals surface area contributed by atoms with Gasteiger partial charge < -0.3 is 10.2 Å². The highest BCUT2D eigenvalue weighted by Crippen LogP contribution is 2.27. The third-order valence-electron chi connectivity index (χ3n) is 4.64. The number of likely N-dealkylation sites (N-methyl/N-ethyl adjacent to an activating group) is 1. The molecule has 0 unspecified atom stereocenters.